The first-order valence-electron chi connectivity index (χ1n) is 4.49. The van der Waals surface area contributed by atoms with Crippen LogP contribution in [-0.2, 0) is 4.84 Å². The lowest BCUT2D eigenvalue weighted by Crippen LogP contribution is -2.12. The number of hydrogen-bond donors (Lipinski definition) is 1. The fourth-order valence-corrected chi connectivity index (χ4v) is 2.19. The van der Waals surface area contributed by atoms with Gasteiger partial charge in [-0.25, -0.2) is 0 Å². The Hall–Kier alpha value is -0.580. The summed E-state index contributed by atoms with van der Waals surface area (Å²) in [6, 6.07) is 5.59. The van der Waals surface area contributed by atoms with Crippen LogP contribution in [0.2, 0.25) is 5.02 Å². The van der Waals surface area contributed by atoms with E-state index in [0.29, 0.717) is 11.4 Å². The van der Waals surface area contributed by atoms with Gasteiger partial charge in [0, 0.05) is 16.5 Å². The Kier molecular flexibility index (Phi) is 3.29. The minimum Gasteiger partial charge on any atom is -0.392 e. The molecule has 1 N–H and O–H groups in total. The zero-order valence-corrected chi connectivity index (χ0v) is 10.1. The number of rotatable bonds is 2. The summed E-state index contributed by atoms with van der Waals surface area (Å²) in [7, 11) is 0. The second-order valence-electron chi connectivity index (χ2n) is 3.28. The van der Waals surface area contributed by atoms with Crippen LogP contribution in [0.25, 0.3) is 0 Å². The van der Waals surface area contributed by atoms with Crippen LogP contribution in [0.5, 0.6) is 0 Å². The second kappa shape index (κ2) is 4.51. The van der Waals surface area contributed by atoms with Crippen molar-refractivity contribution in [1.82, 2.24) is 0 Å². The van der Waals surface area contributed by atoms with Gasteiger partial charge in [0.15, 0.2) is 6.10 Å². The first-order chi connectivity index (χ1) is 7.20. The molecule has 1 atom stereocenters. The van der Waals surface area contributed by atoms with E-state index in [2.05, 4.69) is 21.1 Å². The van der Waals surface area contributed by atoms with Gasteiger partial charge in [-0.05, 0) is 12.1 Å². The molecule has 0 radical (unpaired) electrons. The van der Waals surface area contributed by atoms with Gasteiger partial charge in [0.2, 0.25) is 0 Å². The Morgan fingerprint density at radius 1 is 1.60 bits per heavy atom. The lowest BCUT2D eigenvalue weighted by molar-refractivity contribution is 0.0390. The lowest BCUT2D eigenvalue weighted by Gasteiger charge is -2.03. The molecular formula is C10H9BrClNO2. The van der Waals surface area contributed by atoms with Crippen LogP contribution in [0, 0.1) is 0 Å². The molecule has 1 unspecified atom stereocenters. The van der Waals surface area contributed by atoms with Crippen LogP contribution in [0.3, 0.4) is 0 Å². The molecule has 2 rings (SSSR count). The van der Waals surface area contributed by atoms with Crippen molar-refractivity contribution in [3.8, 4) is 0 Å². The van der Waals surface area contributed by atoms with Crippen molar-refractivity contribution in [3.05, 3.63) is 33.3 Å². The summed E-state index contributed by atoms with van der Waals surface area (Å²) in [6.07, 6.45) is 0.359. The number of halogens is 2. The number of oxime groups is 1. The highest BCUT2D eigenvalue weighted by molar-refractivity contribution is 9.10. The van der Waals surface area contributed by atoms with Crippen LogP contribution in [0.1, 0.15) is 12.0 Å². The number of nitrogens with zero attached hydrogens (tertiary/aromatic N) is 1. The molecule has 0 bridgehead atoms. The van der Waals surface area contributed by atoms with E-state index in [4.69, 9.17) is 21.5 Å². The standard InChI is InChI=1S/C10H9BrClNO2/c11-6-1-2-8(9(12)3-6)10-4-7(5-14)15-13-10/h1-3,7,14H,4-5H2. The van der Waals surface area contributed by atoms with Gasteiger partial charge in [-0.1, -0.05) is 38.8 Å². The molecule has 1 aromatic rings. The third-order valence-electron chi connectivity index (χ3n) is 2.18. The highest BCUT2D eigenvalue weighted by atomic mass is 79.9. The maximum absolute atomic E-state index is 8.91. The minimum absolute atomic E-state index is 0.0266. The Bertz CT molecular complexity index is 408. The number of benzene rings is 1. The van der Waals surface area contributed by atoms with E-state index in [9.17, 15) is 0 Å². The van der Waals surface area contributed by atoms with Crippen molar-refractivity contribution in [3.63, 3.8) is 0 Å². The Morgan fingerprint density at radius 2 is 2.40 bits per heavy atom. The Labute approximate surface area is 101 Å². The van der Waals surface area contributed by atoms with Crippen LogP contribution in [-0.4, -0.2) is 23.5 Å². The quantitative estimate of drug-likeness (QED) is 0.909. The molecule has 0 aromatic heterocycles. The molecule has 15 heavy (non-hydrogen) atoms. The first-order valence-corrected chi connectivity index (χ1v) is 5.67. The molecule has 0 saturated carbocycles. The van der Waals surface area contributed by atoms with Gasteiger partial charge in [-0.2, -0.15) is 0 Å². The molecule has 80 valence electrons. The maximum atomic E-state index is 8.91. The molecule has 3 nitrogen and oxygen atoms in total. The molecule has 1 heterocycles. The topological polar surface area (TPSA) is 41.8 Å². The SMILES string of the molecule is OCC1CC(c2ccc(Br)cc2Cl)=NO1. The lowest BCUT2D eigenvalue weighted by atomic mass is 10.1. The summed E-state index contributed by atoms with van der Waals surface area (Å²) in [5.74, 6) is 0. The molecular weight excluding hydrogens is 281 g/mol. The van der Waals surface area contributed by atoms with Crippen LogP contribution in [0.15, 0.2) is 27.8 Å². The van der Waals surface area contributed by atoms with E-state index in [0.717, 1.165) is 15.7 Å². The van der Waals surface area contributed by atoms with Gasteiger partial charge in [0.1, 0.15) is 0 Å². The molecule has 1 aromatic carbocycles. The van der Waals surface area contributed by atoms with Gasteiger partial charge < -0.3 is 9.94 Å². The van der Waals surface area contributed by atoms with Crippen LogP contribution < -0.4 is 0 Å². The predicted molar refractivity (Wildman–Crippen MR) is 62.3 cm³/mol. The maximum Gasteiger partial charge on any atom is 0.156 e. The largest absolute Gasteiger partial charge is 0.392 e. The van der Waals surface area contributed by atoms with Gasteiger partial charge in [0.05, 0.1) is 17.3 Å². The highest BCUT2D eigenvalue weighted by Gasteiger charge is 2.22. The monoisotopic (exact) mass is 289 g/mol. The van der Waals surface area contributed by atoms with Crippen LogP contribution in [0.4, 0.5) is 0 Å². The van der Waals surface area contributed by atoms with Crippen molar-refractivity contribution in [2.75, 3.05) is 6.61 Å². The van der Waals surface area contributed by atoms with E-state index in [1.807, 2.05) is 18.2 Å². The molecule has 1 aliphatic rings. The van der Waals surface area contributed by atoms with Crippen LogP contribution >= 0.6 is 27.5 Å². The summed E-state index contributed by atoms with van der Waals surface area (Å²) in [5.41, 5.74) is 1.64. The summed E-state index contributed by atoms with van der Waals surface area (Å²) in [4.78, 5) is 5.02. The van der Waals surface area contributed by atoms with Crippen molar-refractivity contribution in [1.29, 1.82) is 0 Å². The number of aliphatic hydroxyl groups excluding tert-OH is 1. The predicted octanol–water partition coefficient (Wildman–Crippen LogP) is 2.59. The van der Waals surface area contributed by atoms with Gasteiger partial charge in [-0.15, -0.1) is 0 Å². The van der Waals surface area contributed by atoms with Gasteiger partial charge >= 0.3 is 0 Å². The van der Waals surface area contributed by atoms with E-state index in [1.54, 1.807) is 0 Å². The highest BCUT2D eigenvalue weighted by Crippen LogP contribution is 2.25. The van der Waals surface area contributed by atoms with E-state index >= 15 is 0 Å². The average Bonchev–Trinajstić information content (AvgIpc) is 2.66. The normalized spacial score (nSPS) is 19.9. The first kappa shape index (κ1) is 10.9. The summed E-state index contributed by atoms with van der Waals surface area (Å²) in [5, 5.41) is 13.4. The zero-order valence-electron chi connectivity index (χ0n) is 7.78. The van der Waals surface area contributed by atoms with Crippen molar-refractivity contribution in [2.45, 2.75) is 12.5 Å². The molecule has 0 spiro atoms. The molecule has 0 amide bonds. The smallest absolute Gasteiger partial charge is 0.156 e. The molecule has 0 aliphatic carbocycles. The summed E-state index contributed by atoms with van der Waals surface area (Å²) >= 11 is 9.41. The summed E-state index contributed by atoms with van der Waals surface area (Å²) in [6.45, 7) is -0.0266. The fraction of sp³-hybridized carbons (Fsp3) is 0.300. The third-order valence-corrected chi connectivity index (χ3v) is 2.98. The molecule has 1 aliphatic heterocycles. The minimum atomic E-state index is -0.236. The Balaban J connectivity index is 2.24. The van der Waals surface area contributed by atoms with Crippen molar-refractivity contribution in [2.24, 2.45) is 5.16 Å². The van der Waals surface area contributed by atoms with Crippen molar-refractivity contribution < 1.29 is 9.94 Å². The van der Waals surface area contributed by atoms with Gasteiger partial charge in [0.25, 0.3) is 0 Å². The summed E-state index contributed by atoms with van der Waals surface area (Å²) < 4.78 is 0.925. The van der Waals surface area contributed by atoms with E-state index in [1.165, 1.54) is 0 Å². The van der Waals surface area contributed by atoms with Gasteiger partial charge in [-0.3, -0.25) is 0 Å². The molecule has 0 fully saturated rings. The Morgan fingerprint density at radius 3 is 3.00 bits per heavy atom. The fourth-order valence-electron chi connectivity index (χ4n) is 1.41. The third kappa shape index (κ3) is 2.33. The van der Waals surface area contributed by atoms with E-state index < -0.39 is 0 Å². The molecule has 5 heteroatoms. The number of hydrogen-bond acceptors (Lipinski definition) is 3. The van der Waals surface area contributed by atoms with Crippen molar-refractivity contribution >= 4 is 33.2 Å². The average molecular weight is 291 g/mol. The zero-order chi connectivity index (χ0) is 10.8. The molecule has 0 saturated heterocycles. The van der Waals surface area contributed by atoms with E-state index in [-0.39, 0.29) is 12.7 Å². The number of aliphatic hydroxyl groups is 1. The second-order valence-corrected chi connectivity index (χ2v) is 4.60.